The molecule has 10 heavy (non-hydrogen) atoms. The molecule has 1 heterocycles. The Kier molecular flexibility index (Phi) is 2.75. The van der Waals surface area contributed by atoms with Crippen LogP contribution < -0.4 is 0 Å². The molecule has 2 heteroatoms. The van der Waals surface area contributed by atoms with Crippen LogP contribution in [0.4, 0.5) is 0 Å². The summed E-state index contributed by atoms with van der Waals surface area (Å²) in [6.07, 6.45) is 4.67. The van der Waals surface area contributed by atoms with E-state index in [0.717, 1.165) is 25.9 Å². The van der Waals surface area contributed by atoms with Gasteiger partial charge in [-0.2, -0.15) is 0 Å². The highest BCUT2D eigenvalue weighted by Crippen LogP contribution is 2.11. The molecule has 0 saturated carbocycles. The molecule has 2 nitrogen and oxygen atoms in total. The average Bonchev–Trinajstić information content (AvgIpc) is 2.05. The van der Waals surface area contributed by atoms with Crippen molar-refractivity contribution in [2.45, 2.75) is 18.9 Å². The van der Waals surface area contributed by atoms with Gasteiger partial charge in [-0.25, -0.2) is 0 Å². The first-order valence-electron chi connectivity index (χ1n) is 3.76. The summed E-state index contributed by atoms with van der Waals surface area (Å²) in [6, 6.07) is 0. The van der Waals surface area contributed by atoms with Crippen molar-refractivity contribution in [3.8, 4) is 0 Å². The highest BCUT2D eigenvalue weighted by molar-refractivity contribution is 4.78. The summed E-state index contributed by atoms with van der Waals surface area (Å²) in [5.74, 6) is 0. The van der Waals surface area contributed by atoms with E-state index in [2.05, 4.69) is 11.5 Å². The van der Waals surface area contributed by atoms with Gasteiger partial charge in [-0.15, -0.1) is 0 Å². The Labute approximate surface area is 62.5 Å². The average molecular weight is 141 g/mol. The summed E-state index contributed by atoms with van der Waals surface area (Å²) in [4.78, 5) is 2.23. The summed E-state index contributed by atoms with van der Waals surface area (Å²) in [6.45, 7) is 5.92. The van der Waals surface area contributed by atoms with Crippen molar-refractivity contribution in [1.82, 2.24) is 4.90 Å². The lowest BCUT2D eigenvalue weighted by Gasteiger charge is -2.29. The van der Waals surface area contributed by atoms with E-state index in [9.17, 15) is 0 Å². The lowest BCUT2D eigenvalue weighted by molar-refractivity contribution is 0.0534. The number of likely N-dealkylation sites (tertiary alicyclic amines) is 1. The number of piperidine rings is 1. The Bertz CT molecular complexity index is 106. The zero-order valence-electron chi connectivity index (χ0n) is 6.55. The number of rotatable bonds is 2. The second-order valence-corrected chi connectivity index (χ2v) is 2.65. The van der Waals surface area contributed by atoms with Gasteiger partial charge < -0.3 is 9.64 Å². The molecule has 0 radical (unpaired) electrons. The molecule has 0 bridgehead atoms. The Morgan fingerprint density at radius 2 is 2.10 bits per heavy atom. The molecule has 0 atom stereocenters. The fourth-order valence-electron chi connectivity index (χ4n) is 1.29. The normalized spacial score (nSPS) is 21.1. The van der Waals surface area contributed by atoms with E-state index in [1.807, 2.05) is 6.20 Å². The van der Waals surface area contributed by atoms with Crippen molar-refractivity contribution in [3.63, 3.8) is 0 Å². The smallest absolute Gasteiger partial charge is 0.0605 e. The fraction of sp³-hybridized carbons (Fsp3) is 0.750. The van der Waals surface area contributed by atoms with Gasteiger partial charge in [0.05, 0.1) is 6.10 Å². The van der Waals surface area contributed by atoms with Crippen LogP contribution in [0.1, 0.15) is 12.8 Å². The van der Waals surface area contributed by atoms with Gasteiger partial charge in [0, 0.05) is 20.2 Å². The number of hydrogen-bond acceptors (Lipinski definition) is 2. The van der Waals surface area contributed by atoms with Crippen LogP contribution in [-0.4, -0.2) is 31.2 Å². The van der Waals surface area contributed by atoms with Crippen molar-refractivity contribution in [2.75, 3.05) is 20.2 Å². The molecule has 58 valence electrons. The predicted octanol–water partition coefficient (Wildman–Crippen LogP) is 1.24. The molecule has 0 spiro atoms. The molecular formula is C8H15NO. The summed E-state index contributed by atoms with van der Waals surface area (Å²) < 4.78 is 5.22. The lowest BCUT2D eigenvalue weighted by Crippen LogP contribution is -2.32. The van der Waals surface area contributed by atoms with E-state index >= 15 is 0 Å². The van der Waals surface area contributed by atoms with Crippen LogP contribution in [0.3, 0.4) is 0 Å². The molecule has 1 aliphatic heterocycles. The van der Waals surface area contributed by atoms with Crippen molar-refractivity contribution in [1.29, 1.82) is 0 Å². The lowest BCUT2D eigenvalue weighted by atomic mass is 10.1. The van der Waals surface area contributed by atoms with Gasteiger partial charge in [0.1, 0.15) is 0 Å². The van der Waals surface area contributed by atoms with Crippen LogP contribution in [0.15, 0.2) is 12.8 Å². The van der Waals surface area contributed by atoms with E-state index in [1.165, 1.54) is 0 Å². The third-order valence-electron chi connectivity index (χ3n) is 2.07. The molecule has 1 fully saturated rings. The minimum atomic E-state index is 0.483. The number of hydrogen-bond donors (Lipinski definition) is 0. The largest absolute Gasteiger partial charge is 0.381 e. The van der Waals surface area contributed by atoms with E-state index in [-0.39, 0.29) is 0 Å². The number of methoxy groups -OCH3 is 1. The van der Waals surface area contributed by atoms with Gasteiger partial charge in [-0.1, -0.05) is 6.58 Å². The molecular weight excluding hydrogens is 126 g/mol. The van der Waals surface area contributed by atoms with E-state index < -0.39 is 0 Å². The van der Waals surface area contributed by atoms with Gasteiger partial charge in [0.15, 0.2) is 0 Å². The molecule has 0 unspecified atom stereocenters. The van der Waals surface area contributed by atoms with Crippen molar-refractivity contribution >= 4 is 0 Å². The highest BCUT2D eigenvalue weighted by atomic mass is 16.5. The second-order valence-electron chi connectivity index (χ2n) is 2.65. The molecule has 1 saturated heterocycles. The van der Waals surface area contributed by atoms with Crippen molar-refractivity contribution in [3.05, 3.63) is 12.8 Å². The summed E-state index contributed by atoms with van der Waals surface area (Å²) >= 11 is 0. The minimum Gasteiger partial charge on any atom is -0.381 e. The third-order valence-corrected chi connectivity index (χ3v) is 2.07. The zero-order chi connectivity index (χ0) is 7.40. The first-order valence-corrected chi connectivity index (χ1v) is 3.76. The monoisotopic (exact) mass is 141 g/mol. The molecule has 0 amide bonds. The van der Waals surface area contributed by atoms with Gasteiger partial charge >= 0.3 is 0 Å². The van der Waals surface area contributed by atoms with Crippen LogP contribution in [0.2, 0.25) is 0 Å². The van der Waals surface area contributed by atoms with Gasteiger partial charge in [0.25, 0.3) is 0 Å². The predicted molar refractivity (Wildman–Crippen MR) is 41.8 cm³/mol. The Morgan fingerprint density at radius 3 is 2.50 bits per heavy atom. The Morgan fingerprint density at radius 1 is 1.50 bits per heavy atom. The summed E-state index contributed by atoms with van der Waals surface area (Å²) in [5, 5.41) is 0. The molecule has 1 rings (SSSR count). The van der Waals surface area contributed by atoms with Crippen LogP contribution >= 0.6 is 0 Å². The van der Waals surface area contributed by atoms with Gasteiger partial charge in [0.2, 0.25) is 0 Å². The van der Waals surface area contributed by atoms with Crippen molar-refractivity contribution in [2.24, 2.45) is 0 Å². The zero-order valence-corrected chi connectivity index (χ0v) is 6.55. The first-order chi connectivity index (χ1) is 4.86. The Balaban J connectivity index is 2.23. The quantitative estimate of drug-likeness (QED) is 0.573. The second kappa shape index (κ2) is 3.62. The van der Waals surface area contributed by atoms with Gasteiger partial charge in [-0.05, 0) is 19.0 Å². The third kappa shape index (κ3) is 1.74. The SMILES string of the molecule is C=CN1CCC(OC)CC1. The van der Waals surface area contributed by atoms with E-state index in [1.54, 1.807) is 7.11 Å². The van der Waals surface area contributed by atoms with Crippen LogP contribution in [0.25, 0.3) is 0 Å². The van der Waals surface area contributed by atoms with Crippen LogP contribution in [0.5, 0.6) is 0 Å². The molecule has 0 N–H and O–H groups in total. The maximum absolute atomic E-state index is 5.22. The van der Waals surface area contributed by atoms with Crippen LogP contribution in [0, 0.1) is 0 Å². The fourth-order valence-corrected chi connectivity index (χ4v) is 1.29. The maximum Gasteiger partial charge on any atom is 0.0605 e. The van der Waals surface area contributed by atoms with E-state index in [4.69, 9.17) is 4.74 Å². The molecule has 0 aliphatic carbocycles. The van der Waals surface area contributed by atoms with Crippen molar-refractivity contribution < 1.29 is 4.74 Å². The first kappa shape index (κ1) is 7.61. The number of nitrogens with zero attached hydrogens (tertiary/aromatic N) is 1. The molecule has 0 aromatic heterocycles. The summed E-state index contributed by atoms with van der Waals surface area (Å²) in [5.41, 5.74) is 0. The van der Waals surface area contributed by atoms with Crippen LogP contribution in [-0.2, 0) is 4.74 Å². The molecule has 0 aromatic carbocycles. The molecule has 1 aliphatic rings. The maximum atomic E-state index is 5.22. The number of ether oxygens (including phenoxy) is 1. The topological polar surface area (TPSA) is 12.5 Å². The Hall–Kier alpha value is -0.500. The summed E-state index contributed by atoms with van der Waals surface area (Å²) in [7, 11) is 1.79. The standard InChI is InChI=1S/C8H15NO/c1-3-9-6-4-8(10-2)5-7-9/h3,8H,1,4-7H2,2H3. The van der Waals surface area contributed by atoms with Gasteiger partial charge in [-0.3, -0.25) is 0 Å². The van der Waals surface area contributed by atoms with E-state index in [0.29, 0.717) is 6.10 Å². The highest BCUT2D eigenvalue weighted by Gasteiger charge is 2.15. The minimum absolute atomic E-state index is 0.483. The molecule has 0 aromatic rings.